The second kappa shape index (κ2) is 26.9. The molecule has 0 aromatic heterocycles. The van der Waals surface area contributed by atoms with Crippen molar-refractivity contribution in [3.8, 4) is 0 Å². The summed E-state index contributed by atoms with van der Waals surface area (Å²) in [7, 11) is -5.05. The van der Waals surface area contributed by atoms with Crippen molar-refractivity contribution in [2.45, 2.75) is 166 Å². The summed E-state index contributed by atoms with van der Waals surface area (Å²) in [6.07, 6.45) is 13.0. The molecule has 3 aromatic carbocycles. The second-order valence-corrected chi connectivity index (χ2v) is 20.1. The number of unbranched alkanes of at least 4 members (excludes halogenated alkanes) is 10. The minimum Gasteiger partial charge on any atom is -0.481 e. The van der Waals surface area contributed by atoms with Gasteiger partial charge in [-0.05, 0) is 100 Å². The standard InChI is InChI=1S/C32H39NO4.C20H38O7S/c1-31(2,30(35)36)25-17-15-24(16-18-25)29(34)14-9-21-33-22-19-28(20-23-33)32(37,26-10-5-3-6-11-26)27-12-7-4-8-13-27;1-3-5-7-9-11-13-15-20(19(23)24,16-14-12-10-8-6-4-2)17(18(21)22)28(25,26)27/h3-8,10-13,15-18,28-29,34,37H,9,14,19-23H2,1-2H3,(H,35,36);17H,3-16H2,1-2H3,(H,21,22)(H,23,24)(H,25,26,27). The Balaban J connectivity index is 0.000000362. The molecule has 6 N–H and O–H groups in total. The largest absolute Gasteiger partial charge is 0.481 e. The van der Waals surface area contributed by atoms with Crippen LogP contribution in [-0.4, -0.2) is 86.2 Å². The summed E-state index contributed by atoms with van der Waals surface area (Å²) in [6.45, 7) is 10.3. The minimum absolute atomic E-state index is 0.0693. The number of benzene rings is 3. The van der Waals surface area contributed by atoms with Gasteiger partial charge in [-0.25, -0.2) is 0 Å². The Morgan fingerprint density at radius 1 is 0.646 bits per heavy atom. The Kier molecular flexibility index (Phi) is 22.8. The van der Waals surface area contributed by atoms with Crippen molar-refractivity contribution in [3.05, 3.63) is 107 Å². The molecule has 3 aromatic rings. The lowest BCUT2D eigenvalue weighted by molar-refractivity contribution is -0.156. The molecule has 1 aliphatic rings. The smallest absolute Gasteiger partial charge is 0.325 e. The fraction of sp³-hybridized carbons (Fsp3) is 0.596. The average molecular weight is 924 g/mol. The highest BCUT2D eigenvalue weighted by Crippen LogP contribution is 2.42. The van der Waals surface area contributed by atoms with Crippen LogP contribution in [0.1, 0.15) is 172 Å². The number of aliphatic hydroxyl groups is 2. The number of hydrogen-bond acceptors (Lipinski definition) is 8. The lowest BCUT2D eigenvalue weighted by Crippen LogP contribution is -2.51. The number of carbonyl (C=O) groups is 3. The first-order valence-electron chi connectivity index (χ1n) is 23.9. The molecule has 1 heterocycles. The van der Waals surface area contributed by atoms with Crippen LogP contribution in [0, 0.1) is 11.3 Å². The van der Waals surface area contributed by atoms with E-state index < -0.39 is 55.8 Å². The highest BCUT2D eigenvalue weighted by atomic mass is 32.2. The molecule has 2 unspecified atom stereocenters. The quantitative estimate of drug-likeness (QED) is 0.0297. The fourth-order valence-electron chi connectivity index (χ4n) is 9.32. The minimum atomic E-state index is -5.05. The number of aliphatic carboxylic acids is 3. The molecule has 0 bridgehead atoms. The molecule has 0 radical (unpaired) electrons. The summed E-state index contributed by atoms with van der Waals surface area (Å²) >= 11 is 0. The summed E-state index contributed by atoms with van der Waals surface area (Å²) in [5.41, 5.74) is -0.533. The van der Waals surface area contributed by atoms with Crippen molar-refractivity contribution < 1.29 is 52.9 Å². The molecule has 1 aliphatic heterocycles. The van der Waals surface area contributed by atoms with Crippen LogP contribution in [0.15, 0.2) is 84.9 Å². The topological polar surface area (TPSA) is 210 Å². The average Bonchev–Trinajstić information content (AvgIpc) is 3.28. The van der Waals surface area contributed by atoms with Gasteiger partial charge in [0.05, 0.1) is 16.9 Å². The van der Waals surface area contributed by atoms with Gasteiger partial charge < -0.3 is 30.4 Å². The van der Waals surface area contributed by atoms with E-state index in [9.17, 15) is 52.9 Å². The highest BCUT2D eigenvalue weighted by molar-refractivity contribution is 7.87. The van der Waals surface area contributed by atoms with Gasteiger partial charge in [0.15, 0.2) is 5.25 Å². The van der Waals surface area contributed by atoms with Gasteiger partial charge in [0.25, 0.3) is 10.1 Å². The fourth-order valence-corrected chi connectivity index (χ4v) is 10.5. The zero-order chi connectivity index (χ0) is 48.1. The van der Waals surface area contributed by atoms with E-state index in [1.165, 1.54) is 0 Å². The molecule has 2 atom stereocenters. The predicted octanol–water partition coefficient (Wildman–Crippen LogP) is 10.4. The van der Waals surface area contributed by atoms with Crippen LogP contribution in [0.4, 0.5) is 0 Å². The maximum Gasteiger partial charge on any atom is 0.325 e. The summed E-state index contributed by atoms with van der Waals surface area (Å²) in [4.78, 5) is 37.7. The normalized spacial score (nSPS) is 15.1. The number of carboxylic acids is 3. The summed E-state index contributed by atoms with van der Waals surface area (Å²) in [6, 6.07) is 27.3. The first-order chi connectivity index (χ1) is 30.9. The number of carboxylic acid groups (broad SMARTS) is 3. The van der Waals surface area contributed by atoms with E-state index in [-0.39, 0.29) is 18.8 Å². The van der Waals surface area contributed by atoms with Gasteiger partial charge in [-0.2, -0.15) is 8.42 Å². The van der Waals surface area contributed by atoms with Gasteiger partial charge in [0, 0.05) is 0 Å². The molecule has 1 fully saturated rings. The molecule has 13 heteroatoms. The first-order valence-corrected chi connectivity index (χ1v) is 25.4. The SMILES string of the molecule is CC(C)(C(=O)O)c1ccc(C(O)CCCN2CCC(C(O)(c3ccccc3)c3ccccc3)CC2)cc1.CCCCCCCCC(CCCCCCCC)(C(=O)O)C(C(=O)O)S(=O)(=O)O. The number of rotatable bonds is 28. The van der Waals surface area contributed by atoms with Gasteiger partial charge in [-0.3, -0.25) is 18.9 Å². The number of piperidine rings is 1. The Morgan fingerprint density at radius 3 is 1.49 bits per heavy atom. The zero-order valence-corrected chi connectivity index (χ0v) is 40.1. The molecule has 4 rings (SSSR count). The number of hydrogen-bond donors (Lipinski definition) is 6. The molecule has 65 heavy (non-hydrogen) atoms. The number of aliphatic hydroxyl groups excluding tert-OH is 1. The Labute approximate surface area is 388 Å². The van der Waals surface area contributed by atoms with Crippen molar-refractivity contribution in [3.63, 3.8) is 0 Å². The molecule has 1 saturated heterocycles. The van der Waals surface area contributed by atoms with Crippen LogP contribution in [0.5, 0.6) is 0 Å². The Bertz CT molecular complexity index is 1910. The van der Waals surface area contributed by atoms with Crippen LogP contribution < -0.4 is 0 Å². The first kappa shape index (κ1) is 55.2. The van der Waals surface area contributed by atoms with E-state index in [4.69, 9.17) is 0 Å². The lowest BCUT2D eigenvalue weighted by atomic mass is 9.72. The number of likely N-dealkylation sites (tertiary alicyclic amines) is 1. The summed E-state index contributed by atoms with van der Waals surface area (Å²) < 4.78 is 33.1. The molecule has 12 nitrogen and oxygen atoms in total. The van der Waals surface area contributed by atoms with E-state index >= 15 is 0 Å². The Morgan fingerprint density at radius 2 is 1.09 bits per heavy atom. The van der Waals surface area contributed by atoms with Gasteiger partial charge >= 0.3 is 17.9 Å². The van der Waals surface area contributed by atoms with Crippen LogP contribution in [0.2, 0.25) is 0 Å². The van der Waals surface area contributed by atoms with E-state index in [0.29, 0.717) is 32.1 Å². The van der Waals surface area contributed by atoms with Crippen LogP contribution in [0.25, 0.3) is 0 Å². The van der Waals surface area contributed by atoms with Gasteiger partial charge in [0.2, 0.25) is 0 Å². The summed E-state index contributed by atoms with van der Waals surface area (Å²) in [5.74, 6) is -4.00. The van der Waals surface area contributed by atoms with Crippen LogP contribution in [-0.2, 0) is 35.5 Å². The van der Waals surface area contributed by atoms with Crippen LogP contribution >= 0.6 is 0 Å². The maximum absolute atomic E-state index is 12.1. The zero-order valence-electron chi connectivity index (χ0n) is 39.2. The molecule has 0 amide bonds. The summed E-state index contributed by atoms with van der Waals surface area (Å²) in [5, 5.41) is 49.1. The second-order valence-electron chi connectivity index (χ2n) is 18.6. The molecule has 0 aliphatic carbocycles. The van der Waals surface area contributed by atoms with Crippen molar-refractivity contribution in [1.82, 2.24) is 4.90 Å². The van der Waals surface area contributed by atoms with Gasteiger partial charge in [0.1, 0.15) is 5.60 Å². The molecule has 0 spiro atoms. The van der Waals surface area contributed by atoms with Crippen LogP contribution in [0.3, 0.4) is 0 Å². The van der Waals surface area contributed by atoms with E-state index in [0.717, 1.165) is 113 Å². The van der Waals surface area contributed by atoms with Gasteiger partial charge in [-0.1, -0.05) is 176 Å². The lowest BCUT2D eigenvalue weighted by Gasteiger charge is -2.42. The third-order valence-corrected chi connectivity index (χ3v) is 14.8. The number of nitrogens with zero attached hydrogens (tertiary/aromatic N) is 1. The molecular weight excluding hydrogens is 847 g/mol. The van der Waals surface area contributed by atoms with E-state index in [2.05, 4.69) is 18.7 Å². The van der Waals surface area contributed by atoms with Crippen molar-refractivity contribution in [1.29, 1.82) is 0 Å². The predicted molar refractivity (Wildman–Crippen MR) is 255 cm³/mol. The van der Waals surface area contributed by atoms with Crippen molar-refractivity contribution >= 4 is 28.0 Å². The maximum atomic E-state index is 12.1. The third-order valence-electron chi connectivity index (χ3n) is 13.5. The molecule has 362 valence electrons. The monoisotopic (exact) mass is 924 g/mol. The molecular formula is C52H77NO11S. The molecule has 0 saturated carbocycles. The van der Waals surface area contributed by atoms with E-state index in [1.54, 1.807) is 26.0 Å². The van der Waals surface area contributed by atoms with Crippen molar-refractivity contribution in [2.24, 2.45) is 11.3 Å². The van der Waals surface area contributed by atoms with E-state index in [1.807, 2.05) is 72.8 Å². The Hall–Kier alpha value is -4.14. The third kappa shape index (κ3) is 16.0. The van der Waals surface area contributed by atoms with Crippen molar-refractivity contribution in [2.75, 3.05) is 19.6 Å². The highest BCUT2D eigenvalue weighted by Gasteiger charge is 2.55. The van der Waals surface area contributed by atoms with Gasteiger partial charge in [-0.15, -0.1) is 0 Å².